The molecule has 0 radical (unpaired) electrons. The number of rotatable bonds is 3. The highest BCUT2D eigenvalue weighted by atomic mass is 16.3. The minimum Gasteiger partial charge on any atom is -0.395 e. The predicted molar refractivity (Wildman–Crippen MR) is 58.2 cm³/mol. The SMILES string of the molecule is CC1(C)[C@H]2CC=C(C(=O)NCCO)[C@@H]1C2. The van der Waals surface area contributed by atoms with Crippen molar-refractivity contribution in [2.75, 3.05) is 13.2 Å². The second kappa shape index (κ2) is 3.63. The average molecular weight is 209 g/mol. The van der Waals surface area contributed by atoms with E-state index in [1.54, 1.807) is 0 Å². The zero-order valence-electron chi connectivity index (χ0n) is 9.42. The molecule has 0 heterocycles. The first kappa shape index (κ1) is 10.7. The highest BCUT2D eigenvalue weighted by Gasteiger charge is 2.52. The van der Waals surface area contributed by atoms with Crippen LogP contribution in [0.4, 0.5) is 0 Å². The summed E-state index contributed by atoms with van der Waals surface area (Å²) in [5, 5.41) is 11.4. The normalized spacial score (nSPS) is 31.5. The third-order valence-electron chi connectivity index (χ3n) is 4.13. The Morgan fingerprint density at radius 3 is 2.93 bits per heavy atom. The summed E-state index contributed by atoms with van der Waals surface area (Å²) in [5.74, 6) is 1.20. The van der Waals surface area contributed by atoms with E-state index < -0.39 is 0 Å². The van der Waals surface area contributed by atoms with E-state index >= 15 is 0 Å². The molecule has 0 aromatic heterocycles. The zero-order valence-corrected chi connectivity index (χ0v) is 9.42. The molecule has 0 aliphatic heterocycles. The summed E-state index contributed by atoms with van der Waals surface area (Å²) >= 11 is 0. The van der Waals surface area contributed by atoms with Crippen LogP contribution in [0.3, 0.4) is 0 Å². The van der Waals surface area contributed by atoms with Gasteiger partial charge in [-0.3, -0.25) is 4.79 Å². The first-order valence-electron chi connectivity index (χ1n) is 5.66. The maximum Gasteiger partial charge on any atom is 0.247 e. The number of hydrogen-bond acceptors (Lipinski definition) is 2. The van der Waals surface area contributed by atoms with Gasteiger partial charge in [-0.2, -0.15) is 0 Å². The maximum atomic E-state index is 11.8. The van der Waals surface area contributed by atoms with E-state index in [1.165, 1.54) is 0 Å². The molecular weight excluding hydrogens is 190 g/mol. The summed E-state index contributed by atoms with van der Waals surface area (Å²) in [7, 11) is 0. The monoisotopic (exact) mass is 209 g/mol. The Bertz CT molecular complexity index is 307. The van der Waals surface area contributed by atoms with Crippen molar-refractivity contribution in [1.82, 2.24) is 5.32 Å². The fourth-order valence-electron chi connectivity index (χ4n) is 2.88. The van der Waals surface area contributed by atoms with Crippen LogP contribution in [-0.4, -0.2) is 24.2 Å². The van der Waals surface area contributed by atoms with Crippen molar-refractivity contribution in [1.29, 1.82) is 0 Å². The van der Waals surface area contributed by atoms with Gasteiger partial charge in [0.1, 0.15) is 0 Å². The summed E-state index contributed by atoms with van der Waals surface area (Å²) in [6.07, 6.45) is 4.27. The molecule has 1 amide bonds. The summed E-state index contributed by atoms with van der Waals surface area (Å²) in [6.45, 7) is 4.86. The molecule has 2 bridgehead atoms. The Morgan fingerprint density at radius 1 is 1.67 bits per heavy atom. The zero-order chi connectivity index (χ0) is 11.1. The molecular formula is C12H19NO2. The van der Waals surface area contributed by atoms with Gasteiger partial charge in [0.05, 0.1) is 6.61 Å². The Kier molecular flexibility index (Phi) is 2.59. The van der Waals surface area contributed by atoms with Gasteiger partial charge in [-0.15, -0.1) is 0 Å². The smallest absolute Gasteiger partial charge is 0.247 e. The van der Waals surface area contributed by atoms with E-state index in [2.05, 4.69) is 25.2 Å². The van der Waals surface area contributed by atoms with Gasteiger partial charge in [0.25, 0.3) is 0 Å². The third-order valence-corrected chi connectivity index (χ3v) is 4.13. The maximum absolute atomic E-state index is 11.8. The highest BCUT2D eigenvalue weighted by molar-refractivity contribution is 5.94. The third kappa shape index (κ3) is 1.59. The highest BCUT2D eigenvalue weighted by Crippen LogP contribution is 2.59. The number of allylic oxidation sites excluding steroid dienone is 1. The first-order valence-corrected chi connectivity index (χ1v) is 5.66. The van der Waals surface area contributed by atoms with Crippen molar-refractivity contribution in [3.05, 3.63) is 11.6 Å². The minimum atomic E-state index is 0.00963. The van der Waals surface area contributed by atoms with E-state index in [1.807, 2.05) is 0 Å². The van der Waals surface area contributed by atoms with Crippen molar-refractivity contribution in [2.24, 2.45) is 17.3 Å². The van der Waals surface area contributed by atoms with Crippen molar-refractivity contribution >= 4 is 5.91 Å². The van der Waals surface area contributed by atoms with E-state index in [4.69, 9.17) is 5.11 Å². The molecule has 3 heteroatoms. The van der Waals surface area contributed by atoms with Gasteiger partial charge < -0.3 is 10.4 Å². The largest absolute Gasteiger partial charge is 0.395 e. The van der Waals surface area contributed by atoms with Gasteiger partial charge in [-0.1, -0.05) is 19.9 Å². The molecule has 3 aliphatic rings. The second-order valence-electron chi connectivity index (χ2n) is 5.18. The molecule has 15 heavy (non-hydrogen) atoms. The molecule has 3 nitrogen and oxygen atoms in total. The van der Waals surface area contributed by atoms with E-state index in [0.717, 1.165) is 24.3 Å². The lowest BCUT2D eigenvalue weighted by Gasteiger charge is -2.55. The van der Waals surface area contributed by atoms with E-state index in [-0.39, 0.29) is 12.5 Å². The summed E-state index contributed by atoms with van der Waals surface area (Å²) < 4.78 is 0. The molecule has 3 rings (SSSR count). The van der Waals surface area contributed by atoms with Crippen molar-refractivity contribution in [3.8, 4) is 0 Å². The molecule has 84 valence electrons. The minimum absolute atomic E-state index is 0.00963. The molecule has 0 unspecified atom stereocenters. The number of carbonyl (C=O) groups excluding carboxylic acids is 1. The van der Waals surface area contributed by atoms with Crippen LogP contribution in [0, 0.1) is 17.3 Å². The molecule has 1 fully saturated rings. The second-order valence-corrected chi connectivity index (χ2v) is 5.18. The number of fused-ring (bicyclic) bond motifs is 1. The van der Waals surface area contributed by atoms with Crippen LogP contribution < -0.4 is 5.32 Å². The Morgan fingerprint density at radius 2 is 2.40 bits per heavy atom. The van der Waals surface area contributed by atoms with Gasteiger partial charge in [0, 0.05) is 12.1 Å². The van der Waals surface area contributed by atoms with Gasteiger partial charge in [-0.05, 0) is 30.1 Å². The summed E-state index contributed by atoms with van der Waals surface area (Å²) in [5.41, 5.74) is 1.23. The number of aliphatic hydroxyl groups excluding tert-OH is 1. The number of nitrogens with one attached hydrogen (secondary N) is 1. The van der Waals surface area contributed by atoms with E-state index in [9.17, 15) is 4.79 Å². The quantitative estimate of drug-likeness (QED) is 0.731. The molecule has 0 aromatic carbocycles. The lowest BCUT2D eigenvalue weighted by molar-refractivity contribution is -0.121. The fourth-order valence-corrected chi connectivity index (χ4v) is 2.88. The van der Waals surface area contributed by atoms with Crippen molar-refractivity contribution in [3.63, 3.8) is 0 Å². The number of hydrogen-bond donors (Lipinski definition) is 2. The standard InChI is InChI=1S/C12H19NO2/c1-12(2)8-3-4-9(10(12)7-8)11(15)13-5-6-14/h4,8,10,14H,3,5-7H2,1-2H3,(H,13,15)/t8-,10-/m0/s1. The fraction of sp³-hybridized carbons (Fsp3) is 0.750. The van der Waals surface area contributed by atoms with Gasteiger partial charge >= 0.3 is 0 Å². The van der Waals surface area contributed by atoms with Crippen LogP contribution in [0.15, 0.2) is 11.6 Å². The molecule has 0 spiro atoms. The molecule has 2 atom stereocenters. The van der Waals surface area contributed by atoms with Crippen LogP contribution in [0.2, 0.25) is 0 Å². The summed E-state index contributed by atoms with van der Waals surface area (Å²) in [6, 6.07) is 0. The van der Waals surface area contributed by atoms with Crippen molar-refractivity contribution < 1.29 is 9.90 Å². The molecule has 2 N–H and O–H groups in total. The molecule has 0 aromatic rings. The molecule has 3 aliphatic carbocycles. The Balaban J connectivity index is 2.04. The van der Waals surface area contributed by atoms with Gasteiger partial charge in [0.15, 0.2) is 0 Å². The Labute approximate surface area is 90.6 Å². The number of aliphatic hydroxyl groups is 1. The summed E-state index contributed by atoms with van der Waals surface area (Å²) in [4.78, 5) is 11.8. The molecule has 0 saturated heterocycles. The topological polar surface area (TPSA) is 49.3 Å². The first-order chi connectivity index (χ1) is 7.07. The van der Waals surface area contributed by atoms with Crippen LogP contribution in [0.25, 0.3) is 0 Å². The van der Waals surface area contributed by atoms with E-state index in [0.29, 0.717) is 17.9 Å². The predicted octanol–water partition coefficient (Wildman–Crippen LogP) is 1.09. The van der Waals surface area contributed by atoms with Gasteiger partial charge in [0.2, 0.25) is 5.91 Å². The lowest BCUT2D eigenvalue weighted by Crippen LogP contribution is -2.50. The Hall–Kier alpha value is -0.830. The van der Waals surface area contributed by atoms with Crippen LogP contribution in [-0.2, 0) is 4.79 Å². The van der Waals surface area contributed by atoms with Crippen LogP contribution in [0.1, 0.15) is 26.7 Å². The van der Waals surface area contributed by atoms with Crippen molar-refractivity contribution in [2.45, 2.75) is 26.7 Å². The van der Waals surface area contributed by atoms with Gasteiger partial charge in [-0.25, -0.2) is 0 Å². The average Bonchev–Trinajstić information content (AvgIpc) is 2.25. The molecule has 1 saturated carbocycles. The number of carbonyl (C=O) groups is 1. The van der Waals surface area contributed by atoms with Crippen LogP contribution in [0.5, 0.6) is 0 Å². The number of amides is 1. The lowest BCUT2D eigenvalue weighted by atomic mass is 9.49. The van der Waals surface area contributed by atoms with Crippen LogP contribution >= 0.6 is 0 Å².